The van der Waals surface area contributed by atoms with Gasteiger partial charge in [-0.2, -0.15) is 0 Å². The first-order chi connectivity index (χ1) is 9.11. The van der Waals surface area contributed by atoms with Crippen molar-refractivity contribution in [2.24, 2.45) is 0 Å². The van der Waals surface area contributed by atoms with Crippen LogP contribution >= 0.6 is 0 Å². The second-order valence-corrected chi connectivity index (χ2v) is 4.39. The molecule has 5 heteroatoms. The van der Waals surface area contributed by atoms with Crippen LogP contribution in [0.1, 0.15) is 12.5 Å². The normalized spacial score (nSPS) is 10.3. The Morgan fingerprint density at radius 3 is 2.74 bits per heavy atom. The van der Waals surface area contributed by atoms with Crippen LogP contribution in [0.3, 0.4) is 0 Å². The van der Waals surface area contributed by atoms with Gasteiger partial charge in [-0.25, -0.2) is 9.97 Å². The molecule has 1 aromatic carbocycles. The summed E-state index contributed by atoms with van der Waals surface area (Å²) in [5.74, 6) is 1.72. The summed E-state index contributed by atoms with van der Waals surface area (Å²) in [7, 11) is 3.97. The standard InChI is InChI=1S/C14H18N4O/c1-4-12-13(15)16-9-17-14(12)19-11-7-5-6-10(8-11)18(2)3/h5-9H,4H2,1-3H3,(H2,15,16,17). The molecule has 19 heavy (non-hydrogen) atoms. The maximum absolute atomic E-state index is 5.82. The van der Waals surface area contributed by atoms with Crippen LogP contribution in [0.2, 0.25) is 0 Å². The minimum absolute atomic E-state index is 0.469. The minimum Gasteiger partial charge on any atom is -0.438 e. The molecule has 0 amide bonds. The summed E-state index contributed by atoms with van der Waals surface area (Å²) >= 11 is 0. The Morgan fingerprint density at radius 2 is 2.05 bits per heavy atom. The van der Waals surface area contributed by atoms with Crippen LogP contribution in [0.25, 0.3) is 0 Å². The van der Waals surface area contributed by atoms with Crippen molar-refractivity contribution in [2.75, 3.05) is 24.7 Å². The van der Waals surface area contributed by atoms with Gasteiger partial charge in [0.2, 0.25) is 5.88 Å². The van der Waals surface area contributed by atoms with E-state index in [4.69, 9.17) is 10.5 Å². The molecule has 2 aromatic rings. The van der Waals surface area contributed by atoms with Gasteiger partial charge in [0.25, 0.3) is 0 Å². The molecule has 1 aromatic heterocycles. The second kappa shape index (κ2) is 5.56. The lowest BCUT2D eigenvalue weighted by atomic mass is 10.2. The topological polar surface area (TPSA) is 64.3 Å². The number of hydrogen-bond acceptors (Lipinski definition) is 5. The first kappa shape index (κ1) is 13.1. The molecule has 0 saturated carbocycles. The monoisotopic (exact) mass is 258 g/mol. The number of nitrogen functional groups attached to an aromatic ring is 1. The Labute approximate surface area is 113 Å². The van der Waals surface area contributed by atoms with E-state index in [1.807, 2.05) is 50.2 Å². The predicted molar refractivity (Wildman–Crippen MR) is 76.7 cm³/mol. The zero-order valence-corrected chi connectivity index (χ0v) is 11.4. The Kier molecular flexibility index (Phi) is 3.85. The molecule has 1 heterocycles. The Hall–Kier alpha value is -2.30. The highest BCUT2D eigenvalue weighted by atomic mass is 16.5. The average molecular weight is 258 g/mol. The van der Waals surface area contributed by atoms with Gasteiger partial charge in [-0.05, 0) is 18.6 Å². The predicted octanol–water partition coefficient (Wildman–Crippen LogP) is 2.48. The number of nitrogens with two attached hydrogens (primary N) is 1. The van der Waals surface area contributed by atoms with Crippen molar-refractivity contribution in [2.45, 2.75) is 13.3 Å². The molecular formula is C14H18N4O. The molecule has 0 spiro atoms. The zero-order valence-electron chi connectivity index (χ0n) is 11.4. The van der Waals surface area contributed by atoms with Gasteiger partial charge in [0.1, 0.15) is 17.9 Å². The highest BCUT2D eigenvalue weighted by molar-refractivity contribution is 5.51. The molecule has 0 atom stereocenters. The molecule has 0 aliphatic rings. The van der Waals surface area contributed by atoms with Gasteiger partial charge in [-0.3, -0.25) is 0 Å². The van der Waals surface area contributed by atoms with Gasteiger partial charge in [-0.15, -0.1) is 0 Å². The number of aromatic nitrogens is 2. The van der Waals surface area contributed by atoms with Crippen LogP contribution in [0, 0.1) is 0 Å². The van der Waals surface area contributed by atoms with Crippen molar-refractivity contribution < 1.29 is 4.74 Å². The van der Waals surface area contributed by atoms with E-state index in [-0.39, 0.29) is 0 Å². The first-order valence-corrected chi connectivity index (χ1v) is 6.16. The van der Waals surface area contributed by atoms with Gasteiger partial charge in [-0.1, -0.05) is 13.0 Å². The van der Waals surface area contributed by atoms with E-state index in [0.717, 1.165) is 23.4 Å². The van der Waals surface area contributed by atoms with Crippen LogP contribution in [0.4, 0.5) is 11.5 Å². The summed E-state index contributed by atoms with van der Waals surface area (Å²) in [6.45, 7) is 2.00. The third kappa shape index (κ3) is 2.93. The lowest BCUT2D eigenvalue weighted by molar-refractivity contribution is 0.456. The summed E-state index contributed by atoms with van der Waals surface area (Å²) in [5.41, 5.74) is 7.72. The highest BCUT2D eigenvalue weighted by Gasteiger charge is 2.10. The summed E-state index contributed by atoms with van der Waals surface area (Å²) in [4.78, 5) is 10.1. The van der Waals surface area contributed by atoms with E-state index >= 15 is 0 Å². The lowest BCUT2D eigenvalue weighted by Crippen LogP contribution is -2.08. The van der Waals surface area contributed by atoms with Crippen molar-refractivity contribution in [3.8, 4) is 11.6 Å². The number of ether oxygens (including phenoxy) is 1. The third-order valence-corrected chi connectivity index (χ3v) is 2.84. The number of rotatable bonds is 4. The van der Waals surface area contributed by atoms with E-state index in [0.29, 0.717) is 11.7 Å². The fourth-order valence-corrected chi connectivity index (χ4v) is 1.77. The van der Waals surface area contributed by atoms with Gasteiger partial charge in [0, 0.05) is 25.8 Å². The molecule has 0 bridgehead atoms. The van der Waals surface area contributed by atoms with Gasteiger partial charge < -0.3 is 15.4 Å². The van der Waals surface area contributed by atoms with Crippen molar-refractivity contribution in [3.63, 3.8) is 0 Å². The summed E-state index contributed by atoms with van der Waals surface area (Å²) < 4.78 is 5.81. The van der Waals surface area contributed by atoms with E-state index in [1.54, 1.807) is 0 Å². The average Bonchev–Trinajstić information content (AvgIpc) is 2.39. The molecule has 0 aliphatic heterocycles. The Bertz CT molecular complexity index is 569. The molecule has 0 unspecified atom stereocenters. The number of benzene rings is 1. The number of nitrogens with zero attached hydrogens (tertiary/aromatic N) is 3. The third-order valence-electron chi connectivity index (χ3n) is 2.84. The van der Waals surface area contributed by atoms with E-state index in [9.17, 15) is 0 Å². The van der Waals surface area contributed by atoms with Crippen LogP contribution in [-0.2, 0) is 6.42 Å². The molecule has 5 nitrogen and oxygen atoms in total. The maximum atomic E-state index is 5.82. The van der Waals surface area contributed by atoms with Crippen molar-refractivity contribution in [3.05, 3.63) is 36.2 Å². The molecule has 2 rings (SSSR count). The van der Waals surface area contributed by atoms with E-state index in [2.05, 4.69) is 9.97 Å². The molecule has 0 fully saturated rings. The lowest BCUT2D eigenvalue weighted by Gasteiger charge is -2.14. The zero-order chi connectivity index (χ0) is 13.8. The molecule has 0 radical (unpaired) electrons. The van der Waals surface area contributed by atoms with E-state index in [1.165, 1.54) is 6.33 Å². The van der Waals surface area contributed by atoms with Crippen LogP contribution < -0.4 is 15.4 Å². The Morgan fingerprint density at radius 1 is 1.26 bits per heavy atom. The van der Waals surface area contributed by atoms with E-state index < -0.39 is 0 Å². The molecule has 0 aliphatic carbocycles. The molecular weight excluding hydrogens is 240 g/mol. The minimum atomic E-state index is 0.469. The summed E-state index contributed by atoms with van der Waals surface area (Å²) in [5, 5.41) is 0. The largest absolute Gasteiger partial charge is 0.438 e. The molecule has 100 valence electrons. The van der Waals surface area contributed by atoms with Crippen molar-refractivity contribution >= 4 is 11.5 Å². The van der Waals surface area contributed by atoms with Crippen molar-refractivity contribution in [1.29, 1.82) is 0 Å². The summed E-state index contributed by atoms with van der Waals surface area (Å²) in [6, 6.07) is 7.81. The fourth-order valence-electron chi connectivity index (χ4n) is 1.77. The fraction of sp³-hybridized carbons (Fsp3) is 0.286. The maximum Gasteiger partial charge on any atom is 0.227 e. The van der Waals surface area contributed by atoms with Crippen LogP contribution in [0.5, 0.6) is 11.6 Å². The van der Waals surface area contributed by atoms with Crippen LogP contribution in [-0.4, -0.2) is 24.1 Å². The van der Waals surface area contributed by atoms with Crippen molar-refractivity contribution in [1.82, 2.24) is 9.97 Å². The Balaban J connectivity index is 2.31. The smallest absolute Gasteiger partial charge is 0.227 e. The number of anilines is 2. The SMILES string of the molecule is CCc1c(N)ncnc1Oc1cccc(N(C)C)c1. The quantitative estimate of drug-likeness (QED) is 0.912. The first-order valence-electron chi connectivity index (χ1n) is 6.16. The van der Waals surface area contributed by atoms with Gasteiger partial charge in [0.15, 0.2) is 0 Å². The molecule has 2 N–H and O–H groups in total. The second-order valence-electron chi connectivity index (χ2n) is 4.39. The summed E-state index contributed by atoms with van der Waals surface area (Å²) in [6.07, 6.45) is 2.15. The highest BCUT2D eigenvalue weighted by Crippen LogP contribution is 2.28. The molecule has 0 saturated heterocycles. The number of hydrogen-bond donors (Lipinski definition) is 1. The van der Waals surface area contributed by atoms with Gasteiger partial charge >= 0.3 is 0 Å². The van der Waals surface area contributed by atoms with Crippen LogP contribution in [0.15, 0.2) is 30.6 Å². The van der Waals surface area contributed by atoms with Gasteiger partial charge in [0.05, 0.1) is 5.56 Å².